The predicted molar refractivity (Wildman–Crippen MR) is 53.7 cm³/mol. The number of ether oxygens (including phenoxy) is 1. The first-order valence-electron chi connectivity index (χ1n) is 4.71. The lowest BCUT2D eigenvalue weighted by Gasteiger charge is -2.00. The Labute approximate surface area is 85.9 Å². The summed E-state index contributed by atoms with van der Waals surface area (Å²) < 4.78 is 6.59. The third kappa shape index (κ3) is 1.75. The fraction of sp³-hybridized carbons (Fsp3) is 0.444. The van der Waals surface area contributed by atoms with Crippen LogP contribution in [0.1, 0.15) is 18.4 Å². The summed E-state index contributed by atoms with van der Waals surface area (Å²) in [6, 6.07) is 1.46. The van der Waals surface area contributed by atoms with Gasteiger partial charge in [0.25, 0.3) is 5.56 Å². The Morgan fingerprint density at radius 3 is 3.07 bits per heavy atom. The molecule has 2 heterocycles. The van der Waals surface area contributed by atoms with Crippen molar-refractivity contribution in [1.29, 1.82) is 0 Å². The first-order valence-corrected chi connectivity index (χ1v) is 4.71. The minimum atomic E-state index is -0.190. The lowest BCUT2D eigenvalue weighted by Crippen LogP contribution is -2.12. The van der Waals surface area contributed by atoms with Gasteiger partial charge in [-0.05, 0) is 0 Å². The highest BCUT2D eigenvalue weighted by Crippen LogP contribution is 2.02. The normalized spacial score (nSPS) is 11.1. The van der Waals surface area contributed by atoms with Crippen molar-refractivity contribution in [3.8, 4) is 0 Å². The van der Waals surface area contributed by atoms with Crippen LogP contribution < -0.4 is 5.56 Å². The predicted octanol–water partition coefficient (Wildman–Crippen LogP) is 0.126. The number of fused-ring (bicyclic) bond motifs is 1. The summed E-state index contributed by atoms with van der Waals surface area (Å²) in [5.41, 5.74) is 0.507. The summed E-state index contributed by atoms with van der Waals surface area (Å²) >= 11 is 0. The number of aromatic amines is 1. The van der Waals surface area contributed by atoms with Crippen LogP contribution in [-0.2, 0) is 17.8 Å². The van der Waals surface area contributed by atoms with Crippen molar-refractivity contribution in [1.82, 2.24) is 19.6 Å². The van der Waals surface area contributed by atoms with Gasteiger partial charge in [0.05, 0.1) is 12.3 Å². The van der Waals surface area contributed by atoms with Gasteiger partial charge in [0.2, 0.25) is 5.78 Å². The zero-order chi connectivity index (χ0) is 10.8. The molecule has 2 aromatic heterocycles. The monoisotopic (exact) mass is 208 g/mol. The maximum absolute atomic E-state index is 11.3. The molecular weight excluding hydrogens is 196 g/mol. The van der Waals surface area contributed by atoms with Crippen LogP contribution in [0, 0.1) is 0 Å². The van der Waals surface area contributed by atoms with E-state index in [0.717, 1.165) is 6.42 Å². The molecule has 0 fully saturated rings. The van der Waals surface area contributed by atoms with Crippen LogP contribution in [0.5, 0.6) is 0 Å². The molecular formula is C9H12N4O2. The van der Waals surface area contributed by atoms with Crippen molar-refractivity contribution >= 4 is 5.78 Å². The van der Waals surface area contributed by atoms with Crippen molar-refractivity contribution in [3.05, 3.63) is 27.9 Å². The topological polar surface area (TPSA) is 72.3 Å². The molecule has 0 atom stereocenters. The van der Waals surface area contributed by atoms with Gasteiger partial charge in [-0.2, -0.15) is 4.98 Å². The van der Waals surface area contributed by atoms with E-state index in [-0.39, 0.29) is 5.56 Å². The molecule has 1 N–H and O–H groups in total. The van der Waals surface area contributed by atoms with Crippen LogP contribution in [0.25, 0.3) is 5.78 Å². The van der Waals surface area contributed by atoms with Crippen molar-refractivity contribution in [2.75, 3.05) is 7.11 Å². The molecule has 0 saturated heterocycles. The number of nitrogens with one attached hydrogen (secondary N) is 1. The van der Waals surface area contributed by atoms with Crippen LogP contribution in [0.4, 0.5) is 0 Å². The zero-order valence-corrected chi connectivity index (χ0v) is 8.65. The minimum absolute atomic E-state index is 0.190. The quantitative estimate of drug-likeness (QED) is 0.778. The van der Waals surface area contributed by atoms with E-state index in [4.69, 9.17) is 4.74 Å². The van der Waals surface area contributed by atoms with E-state index in [1.807, 2.05) is 6.92 Å². The summed E-state index contributed by atoms with van der Waals surface area (Å²) in [5.74, 6) is 1.17. The van der Waals surface area contributed by atoms with Gasteiger partial charge in [-0.1, -0.05) is 6.92 Å². The van der Waals surface area contributed by atoms with Gasteiger partial charge in [0.15, 0.2) is 5.82 Å². The summed E-state index contributed by atoms with van der Waals surface area (Å²) in [6.45, 7) is 2.30. The standard InChI is InChI=1S/C9H12N4O2/c1-3-7-10-9-11-8(14)4-6(5-15-2)13(9)12-7/h4H,3,5H2,1-2H3,(H,10,11,12,14). The van der Waals surface area contributed by atoms with Gasteiger partial charge in [-0.3, -0.25) is 9.78 Å². The maximum Gasteiger partial charge on any atom is 0.252 e. The van der Waals surface area contributed by atoms with Gasteiger partial charge < -0.3 is 4.74 Å². The van der Waals surface area contributed by atoms with Gasteiger partial charge in [0.1, 0.15) is 0 Å². The largest absolute Gasteiger partial charge is 0.378 e. The van der Waals surface area contributed by atoms with E-state index in [0.29, 0.717) is 23.9 Å². The number of aromatic nitrogens is 4. The van der Waals surface area contributed by atoms with E-state index >= 15 is 0 Å². The summed E-state index contributed by atoms with van der Waals surface area (Å²) in [7, 11) is 1.57. The van der Waals surface area contributed by atoms with Gasteiger partial charge in [-0.25, -0.2) is 4.52 Å². The molecule has 2 aromatic rings. The van der Waals surface area contributed by atoms with E-state index in [1.165, 1.54) is 6.07 Å². The number of aryl methyl sites for hydroxylation is 1. The van der Waals surface area contributed by atoms with Crippen molar-refractivity contribution in [2.45, 2.75) is 20.0 Å². The minimum Gasteiger partial charge on any atom is -0.378 e. The molecule has 80 valence electrons. The second-order valence-electron chi connectivity index (χ2n) is 3.17. The molecule has 0 saturated carbocycles. The Morgan fingerprint density at radius 2 is 2.40 bits per heavy atom. The van der Waals surface area contributed by atoms with Crippen molar-refractivity contribution in [2.24, 2.45) is 0 Å². The van der Waals surface area contributed by atoms with Crippen LogP contribution in [0.2, 0.25) is 0 Å². The average Bonchev–Trinajstić information content (AvgIpc) is 2.61. The smallest absolute Gasteiger partial charge is 0.252 e. The van der Waals surface area contributed by atoms with Crippen molar-refractivity contribution < 1.29 is 4.74 Å². The third-order valence-electron chi connectivity index (χ3n) is 2.06. The van der Waals surface area contributed by atoms with Crippen LogP contribution in [0.15, 0.2) is 10.9 Å². The molecule has 0 unspecified atom stereocenters. The fourth-order valence-electron chi connectivity index (χ4n) is 1.40. The highest BCUT2D eigenvalue weighted by atomic mass is 16.5. The van der Waals surface area contributed by atoms with Crippen LogP contribution >= 0.6 is 0 Å². The number of nitrogens with zero attached hydrogens (tertiary/aromatic N) is 3. The van der Waals surface area contributed by atoms with Gasteiger partial charge in [0, 0.05) is 19.6 Å². The van der Waals surface area contributed by atoms with Crippen molar-refractivity contribution in [3.63, 3.8) is 0 Å². The number of H-pyrrole nitrogens is 1. The summed E-state index contributed by atoms with van der Waals surface area (Å²) in [4.78, 5) is 18.1. The second kappa shape index (κ2) is 3.82. The number of rotatable bonds is 3. The Kier molecular flexibility index (Phi) is 2.51. The first-order chi connectivity index (χ1) is 7.24. The van der Waals surface area contributed by atoms with Crippen LogP contribution in [-0.4, -0.2) is 26.7 Å². The number of hydrogen-bond acceptors (Lipinski definition) is 4. The molecule has 2 rings (SSSR count). The molecule has 0 amide bonds. The zero-order valence-electron chi connectivity index (χ0n) is 8.65. The lowest BCUT2D eigenvalue weighted by molar-refractivity contribution is 0.179. The highest BCUT2D eigenvalue weighted by molar-refractivity contribution is 5.28. The first kappa shape index (κ1) is 9.85. The summed E-state index contributed by atoms with van der Waals surface area (Å²) in [5, 5.41) is 4.25. The Morgan fingerprint density at radius 1 is 1.60 bits per heavy atom. The summed E-state index contributed by atoms with van der Waals surface area (Å²) in [6.07, 6.45) is 0.732. The van der Waals surface area contributed by atoms with Gasteiger partial charge >= 0.3 is 0 Å². The van der Waals surface area contributed by atoms with Gasteiger partial charge in [-0.15, -0.1) is 5.10 Å². The lowest BCUT2D eigenvalue weighted by atomic mass is 10.4. The SMILES string of the molecule is CCc1nc2[nH]c(=O)cc(COC)n2n1. The average molecular weight is 208 g/mol. The van der Waals surface area contributed by atoms with Crippen LogP contribution in [0.3, 0.4) is 0 Å². The molecule has 0 aliphatic carbocycles. The molecule has 0 aliphatic heterocycles. The fourth-order valence-corrected chi connectivity index (χ4v) is 1.40. The molecule has 0 bridgehead atoms. The van der Waals surface area contributed by atoms with E-state index in [1.54, 1.807) is 11.6 Å². The maximum atomic E-state index is 11.3. The molecule has 0 radical (unpaired) electrons. The number of hydrogen-bond donors (Lipinski definition) is 1. The third-order valence-corrected chi connectivity index (χ3v) is 2.06. The van der Waals surface area contributed by atoms with E-state index < -0.39 is 0 Å². The molecule has 0 aromatic carbocycles. The molecule has 15 heavy (non-hydrogen) atoms. The molecule has 0 aliphatic rings. The Hall–Kier alpha value is -1.69. The second-order valence-corrected chi connectivity index (χ2v) is 3.17. The Bertz CT molecular complexity index is 528. The Balaban J connectivity index is 2.66. The number of methoxy groups -OCH3 is 1. The van der Waals surface area contributed by atoms with E-state index in [2.05, 4.69) is 15.1 Å². The molecule has 0 spiro atoms. The van der Waals surface area contributed by atoms with E-state index in [9.17, 15) is 4.79 Å². The molecule has 6 nitrogen and oxygen atoms in total. The highest BCUT2D eigenvalue weighted by Gasteiger charge is 2.07. The molecule has 6 heteroatoms.